The summed E-state index contributed by atoms with van der Waals surface area (Å²) in [7, 11) is 1.60. The number of halogens is 2. The summed E-state index contributed by atoms with van der Waals surface area (Å²) >= 11 is 0. The molecule has 0 spiro atoms. The molecule has 0 aromatic heterocycles. The van der Waals surface area contributed by atoms with Crippen LogP contribution >= 0.6 is 0 Å². The van der Waals surface area contributed by atoms with Crippen molar-refractivity contribution in [3.05, 3.63) is 0 Å². The maximum atomic E-state index is 13.4. The molecule has 0 aliphatic carbocycles. The number of hydrogen-bond acceptors (Lipinski definition) is 2. The molecule has 0 radical (unpaired) electrons. The third-order valence-corrected chi connectivity index (χ3v) is 2.71. The summed E-state index contributed by atoms with van der Waals surface area (Å²) in [6, 6.07) is -0.439. The van der Waals surface area contributed by atoms with Crippen LogP contribution in [0.2, 0.25) is 0 Å². The van der Waals surface area contributed by atoms with Crippen LogP contribution in [0, 0.1) is 0 Å². The molecule has 0 bridgehead atoms. The zero-order chi connectivity index (χ0) is 10.1. The van der Waals surface area contributed by atoms with Gasteiger partial charge in [-0.3, -0.25) is 4.90 Å². The van der Waals surface area contributed by atoms with Crippen LogP contribution in [0.1, 0.15) is 20.3 Å². The molecule has 1 aliphatic heterocycles. The van der Waals surface area contributed by atoms with E-state index >= 15 is 0 Å². The molecule has 0 aromatic carbocycles. The predicted octanol–water partition coefficient (Wildman–Crippen LogP) is 1.32. The molecule has 1 aliphatic rings. The number of rotatable bonds is 2. The van der Waals surface area contributed by atoms with Gasteiger partial charge in [-0.15, -0.1) is 0 Å². The summed E-state index contributed by atoms with van der Waals surface area (Å²) in [6.07, 6.45) is 0.529. The van der Waals surface area contributed by atoms with E-state index in [9.17, 15) is 8.78 Å². The number of nitrogens with zero attached hydrogens (tertiary/aromatic N) is 1. The largest absolute Gasteiger partial charge is 0.312 e. The van der Waals surface area contributed by atoms with Gasteiger partial charge in [0.15, 0.2) is 0 Å². The van der Waals surface area contributed by atoms with Crippen molar-refractivity contribution in [2.75, 3.05) is 20.1 Å². The first-order valence-corrected chi connectivity index (χ1v) is 4.76. The third-order valence-electron chi connectivity index (χ3n) is 2.71. The first-order chi connectivity index (χ1) is 5.97. The predicted molar refractivity (Wildman–Crippen MR) is 49.1 cm³/mol. The first kappa shape index (κ1) is 10.9. The van der Waals surface area contributed by atoms with Gasteiger partial charge in [-0.2, -0.15) is 0 Å². The minimum Gasteiger partial charge on any atom is -0.312 e. The Morgan fingerprint density at radius 3 is 2.46 bits per heavy atom. The van der Waals surface area contributed by atoms with Crippen molar-refractivity contribution in [1.29, 1.82) is 0 Å². The normalized spacial score (nSPS) is 29.5. The molecule has 0 unspecified atom stereocenters. The van der Waals surface area contributed by atoms with Gasteiger partial charge in [-0.1, -0.05) is 0 Å². The van der Waals surface area contributed by atoms with Gasteiger partial charge in [0, 0.05) is 12.6 Å². The molecule has 1 saturated heterocycles. The van der Waals surface area contributed by atoms with E-state index in [4.69, 9.17) is 0 Å². The lowest BCUT2D eigenvalue weighted by molar-refractivity contribution is -0.0948. The summed E-state index contributed by atoms with van der Waals surface area (Å²) in [4.78, 5) is 1.83. The molecule has 78 valence electrons. The van der Waals surface area contributed by atoms with E-state index in [1.807, 2.05) is 18.7 Å². The summed E-state index contributed by atoms with van der Waals surface area (Å²) in [5.41, 5.74) is 0. The second-order valence-electron chi connectivity index (χ2n) is 3.96. The minimum absolute atomic E-state index is 0.115. The second kappa shape index (κ2) is 3.88. The quantitative estimate of drug-likeness (QED) is 0.710. The van der Waals surface area contributed by atoms with Gasteiger partial charge in [-0.25, -0.2) is 8.78 Å². The molecule has 0 saturated carbocycles. The molecule has 2 nitrogen and oxygen atoms in total. The Balaban J connectivity index is 2.59. The van der Waals surface area contributed by atoms with E-state index in [2.05, 4.69) is 5.32 Å². The Morgan fingerprint density at radius 2 is 2.08 bits per heavy atom. The lowest BCUT2D eigenvalue weighted by Crippen LogP contribution is -2.57. The maximum absolute atomic E-state index is 13.4. The zero-order valence-corrected chi connectivity index (χ0v) is 8.48. The number of nitrogens with one attached hydrogen (secondary N) is 1. The summed E-state index contributed by atoms with van der Waals surface area (Å²) in [6.45, 7) is 4.56. The van der Waals surface area contributed by atoms with Crippen molar-refractivity contribution in [3.63, 3.8) is 0 Å². The first-order valence-electron chi connectivity index (χ1n) is 4.76. The highest BCUT2D eigenvalue weighted by atomic mass is 19.3. The smallest absolute Gasteiger partial charge is 0.275 e. The Hall–Kier alpha value is -0.220. The molecule has 0 aromatic rings. The van der Waals surface area contributed by atoms with E-state index < -0.39 is 12.0 Å². The number of hydrogen-bond donors (Lipinski definition) is 1. The van der Waals surface area contributed by atoms with Gasteiger partial charge in [0.25, 0.3) is 5.92 Å². The van der Waals surface area contributed by atoms with E-state index in [0.717, 1.165) is 6.54 Å². The van der Waals surface area contributed by atoms with E-state index in [1.54, 1.807) is 7.05 Å². The van der Waals surface area contributed by atoms with Crippen molar-refractivity contribution in [2.24, 2.45) is 0 Å². The summed E-state index contributed by atoms with van der Waals surface area (Å²) in [5.74, 6) is -2.59. The highest BCUT2D eigenvalue weighted by Crippen LogP contribution is 2.27. The Morgan fingerprint density at radius 1 is 1.46 bits per heavy atom. The van der Waals surface area contributed by atoms with Gasteiger partial charge >= 0.3 is 0 Å². The lowest BCUT2D eigenvalue weighted by atomic mass is 10.00. The van der Waals surface area contributed by atoms with Gasteiger partial charge in [-0.05, 0) is 27.3 Å². The Kier molecular flexibility index (Phi) is 3.24. The van der Waals surface area contributed by atoms with Gasteiger partial charge in [0.1, 0.15) is 0 Å². The summed E-state index contributed by atoms with van der Waals surface area (Å²) < 4.78 is 26.8. The van der Waals surface area contributed by atoms with Crippen LogP contribution in [-0.4, -0.2) is 43.0 Å². The molecule has 1 atom stereocenters. The van der Waals surface area contributed by atoms with Crippen LogP contribution in [0.15, 0.2) is 0 Å². The monoisotopic (exact) mass is 192 g/mol. The standard InChI is InChI=1S/C9H18F2N2/c1-7(2)13-5-4-8(12-3)9(10,11)6-13/h7-8,12H,4-6H2,1-3H3/t8-/m1/s1. The Labute approximate surface area is 78.3 Å². The molecular weight excluding hydrogens is 174 g/mol. The topological polar surface area (TPSA) is 15.3 Å². The molecule has 1 fully saturated rings. The van der Waals surface area contributed by atoms with Crippen LogP contribution in [0.3, 0.4) is 0 Å². The van der Waals surface area contributed by atoms with Gasteiger partial charge in [0.2, 0.25) is 0 Å². The minimum atomic E-state index is -2.59. The van der Waals surface area contributed by atoms with Gasteiger partial charge < -0.3 is 5.32 Å². The highest BCUT2D eigenvalue weighted by molar-refractivity contribution is 4.91. The van der Waals surface area contributed by atoms with Crippen LogP contribution in [0.25, 0.3) is 0 Å². The van der Waals surface area contributed by atoms with Crippen LogP contribution in [0.5, 0.6) is 0 Å². The molecule has 13 heavy (non-hydrogen) atoms. The molecule has 4 heteroatoms. The van der Waals surface area contributed by atoms with Crippen molar-refractivity contribution >= 4 is 0 Å². The molecule has 0 amide bonds. The van der Waals surface area contributed by atoms with Crippen LogP contribution in [0.4, 0.5) is 8.78 Å². The van der Waals surface area contributed by atoms with E-state index in [-0.39, 0.29) is 12.6 Å². The van der Waals surface area contributed by atoms with Crippen molar-refractivity contribution in [2.45, 2.75) is 38.3 Å². The van der Waals surface area contributed by atoms with E-state index in [0.29, 0.717) is 6.42 Å². The number of likely N-dealkylation sites (tertiary alicyclic amines) is 1. The fourth-order valence-corrected chi connectivity index (χ4v) is 1.76. The third kappa shape index (κ3) is 2.38. The fourth-order valence-electron chi connectivity index (χ4n) is 1.76. The molecular formula is C9H18F2N2. The molecule has 1 rings (SSSR count). The van der Waals surface area contributed by atoms with E-state index in [1.165, 1.54) is 0 Å². The number of piperidine rings is 1. The number of alkyl halides is 2. The lowest BCUT2D eigenvalue weighted by Gasteiger charge is -2.40. The van der Waals surface area contributed by atoms with Crippen LogP contribution < -0.4 is 5.32 Å². The van der Waals surface area contributed by atoms with Gasteiger partial charge in [0.05, 0.1) is 12.6 Å². The van der Waals surface area contributed by atoms with Crippen molar-refractivity contribution < 1.29 is 8.78 Å². The second-order valence-corrected chi connectivity index (χ2v) is 3.96. The van der Waals surface area contributed by atoms with Crippen LogP contribution in [-0.2, 0) is 0 Å². The SMILES string of the molecule is CN[C@@H]1CCN(C(C)C)CC1(F)F. The highest BCUT2D eigenvalue weighted by Gasteiger charge is 2.44. The van der Waals surface area contributed by atoms with Crippen molar-refractivity contribution in [3.8, 4) is 0 Å². The maximum Gasteiger partial charge on any atom is 0.275 e. The van der Waals surface area contributed by atoms with Crippen molar-refractivity contribution in [1.82, 2.24) is 10.2 Å². The summed E-state index contributed by atoms with van der Waals surface area (Å²) in [5, 5.41) is 2.68. The Bertz CT molecular complexity index is 171. The average Bonchev–Trinajstić information content (AvgIpc) is 2.02. The average molecular weight is 192 g/mol. The fraction of sp³-hybridized carbons (Fsp3) is 1.00. The molecule has 1 heterocycles. The zero-order valence-electron chi connectivity index (χ0n) is 8.48. The molecule has 1 N–H and O–H groups in total.